The molecule has 0 aliphatic heterocycles. The van der Waals surface area contributed by atoms with E-state index in [-0.39, 0.29) is 5.69 Å². The quantitative estimate of drug-likeness (QED) is 0.233. The Balaban J connectivity index is 0.000000294. The summed E-state index contributed by atoms with van der Waals surface area (Å²) in [5.74, 6) is 0.672. The summed E-state index contributed by atoms with van der Waals surface area (Å²) in [7, 11) is 0. The van der Waals surface area contributed by atoms with Gasteiger partial charge in [-0.1, -0.05) is 37.3 Å². The van der Waals surface area contributed by atoms with Gasteiger partial charge in [0.25, 0.3) is 5.69 Å². The molecule has 0 aliphatic carbocycles. The van der Waals surface area contributed by atoms with Crippen molar-refractivity contribution in [2.24, 2.45) is 0 Å². The Labute approximate surface area is 203 Å². The van der Waals surface area contributed by atoms with Crippen molar-refractivity contribution in [2.75, 3.05) is 25.4 Å². The molecule has 2 aromatic heterocycles. The predicted octanol–water partition coefficient (Wildman–Crippen LogP) is 5.32. The number of anilines is 1. The molecule has 3 rings (SSSR count). The first-order valence-corrected chi connectivity index (χ1v) is 11.5. The SMILES string of the molecule is CCCN(CCOc1ncc(N)cc1C)Cc1ccccc1.Cc1cc([N+](=O)[O-])cnc1Br. The number of pyridine rings is 2. The van der Waals surface area contributed by atoms with Crippen LogP contribution in [0.3, 0.4) is 0 Å². The van der Waals surface area contributed by atoms with Crippen LogP contribution in [0.1, 0.15) is 30.0 Å². The van der Waals surface area contributed by atoms with Gasteiger partial charge in [0.15, 0.2) is 0 Å². The van der Waals surface area contributed by atoms with Crippen LogP contribution in [0.4, 0.5) is 11.4 Å². The molecule has 0 saturated carbocycles. The minimum absolute atomic E-state index is 0.0192. The van der Waals surface area contributed by atoms with Gasteiger partial charge in [-0.25, -0.2) is 9.97 Å². The highest BCUT2D eigenvalue weighted by molar-refractivity contribution is 9.10. The molecule has 2 N–H and O–H groups in total. The first-order valence-electron chi connectivity index (χ1n) is 10.7. The molecule has 3 aromatic rings. The molecule has 2 heterocycles. The van der Waals surface area contributed by atoms with Crippen LogP contribution in [0.25, 0.3) is 0 Å². The van der Waals surface area contributed by atoms with E-state index in [9.17, 15) is 10.1 Å². The summed E-state index contributed by atoms with van der Waals surface area (Å²) in [6.45, 7) is 9.44. The number of rotatable bonds is 9. The molecule has 0 radical (unpaired) electrons. The lowest BCUT2D eigenvalue weighted by atomic mass is 10.2. The first-order chi connectivity index (χ1) is 15.8. The summed E-state index contributed by atoms with van der Waals surface area (Å²) in [6.07, 6.45) is 3.99. The number of ether oxygens (including phenoxy) is 1. The highest BCUT2D eigenvalue weighted by atomic mass is 79.9. The Hall–Kier alpha value is -3.04. The Kier molecular flexibility index (Phi) is 10.7. The summed E-state index contributed by atoms with van der Waals surface area (Å²) in [5, 5.41) is 10.2. The van der Waals surface area contributed by atoms with E-state index in [2.05, 4.69) is 62.0 Å². The van der Waals surface area contributed by atoms with Crippen molar-refractivity contribution in [3.8, 4) is 5.88 Å². The van der Waals surface area contributed by atoms with E-state index >= 15 is 0 Å². The fourth-order valence-corrected chi connectivity index (χ4v) is 3.29. The van der Waals surface area contributed by atoms with Crippen molar-refractivity contribution >= 4 is 27.3 Å². The summed E-state index contributed by atoms with van der Waals surface area (Å²) in [5.41, 5.74) is 9.46. The number of nitrogens with two attached hydrogens (primary N) is 1. The summed E-state index contributed by atoms with van der Waals surface area (Å²) in [4.78, 5) is 20.2. The number of hydrogen-bond acceptors (Lipinski definition) is 7. The molecule has 176 valence electrons. The van der Waals surface area contributed by atoms with Crippen LogP contribution < -0.4 is 10.5 Å². The lowest BCUT2D eigenvalue weighted by Gasteiger charge is -2.22. The van der Waals surface area contributed by atoms with E-state index in [1.807, 2.05) is 19.1 Å². The second kappa shape index (κ2) is 13.5. The third kappa shape index (κ3) is 9.15. The van der Waals surface area contributed by atoms with E-state index in [0.717, 1.165) is 37.2 Å². The molecule has 0 spiro atoms. The van der Waals surface area contributed by atoms with Crippen molar-refractivity contribution in [1.29, 1.82) is 0 Å². The topological polar surface area (TPSA) is 107 Å². The van der Waals surface area contributed by atoms with Crippen molar-refractivity contribution in [2.45, 2.75) is 33.7 Å². The van der Waals surface area contributed by atoms with E-state index in [0.29, 0.717) is 22.8 Å². The lowest BCUT2D eigenvalue weighted by molar-refractivity contribution is -0.385. The van der Waals surface area contributed by atoms with Gasteiger partial charge >= 0.3 is 0 Å². The minimum Gasteiger partial charge on any atom is -0.476 e. The Bertz CT molecular complexity index is 1030. The lowest BCUT2D eigenvalue weighted by Crippen LogP contribution is -2.29. The van der Waals surface area contributed by atoms with Crippen LogP contribution in [0.15, 0.2) is 59.5 Å². The molecule has 0 atom stereocenters. The first kappa shape index (κ1) is 26.2. The molecule has 0 amide bonds. The summed E-state index contributed by atoms with van der Waals surface area (Å²) < 4.78 is 6.44. The molecular formula is C24H30BrN5O3. The highest BCUT2D eigenvalue weighted by Crippen LogP contribution is 2.18. The summed E-state index contributed by atoms with van der Waals surface area (Å²) >= 11 is 3.14. The van der Waals surface area contributed by atoms with Crippen LogP contribution in [-0.4, -0.2) is 39.5 Å². The molecular weight excluding hydrogens is 486 g/mol. The van der Waals surface area contributed by atoms with Crippen molar-refractivity contribution in [3.63, 3.8) is 0 Å². The molecule has 33 heavy (non-hydrogen) atoms. The number of aryl methyl sites for hydroxylation is 2. The van der Waals surface area contributed by atoms with Gasteiger partial charge in [-0.2, -0.15) is 0 Å². The fraction of sp³-hybridized carbons (Fsp3) is 0.333. The molecule has 0 saturated heterocycles. The molecule has 1 aromatic carbocycles. The second-order valence-corrected chi connectivity index (χ2v) is 8.31. The predicted molar refractivity (Wildman–Crippen MR) is 134 cm³/mol. The molecule has 0 fully saturated rings. The number of nitrogens with zero attached hydrogens (tertiary/aromatic N) is 4. The van der Waals surface area contributed by atoms with Crippen molar-refractivity contribution < 1.29 is 9.66 Å². The maximum Gasteiger partial charge on any atom is 0.287 e. The maximum atomic E-state index is 10.2. The number of hydrogen-bond donors (Lipinski definition) is 1. The van der Waals surface area contributed by atoms with E-state index in [1.165, 1.54) is 17.8 Å². The van der Waals surface area contributed by atoms with Gasteiger partial charge < -0.3 is 10.5 Å². The summed E-state index contributed by atoms with van der Waals surface area (Å²) in [6, 6.07) is 13.9. The van der Waals surface area contributed by atoms with Gasteiger partial charge in [0.2, 0.25) is 5.88 Å². The van der Waals surface area contributed by atoms with Gasteiger partial charge in [-0.3, -0.25) is 15.0 Å². The van der Waals surface area contributed by atoms with Crippen LogP contribution in [0, 0.1) is 24.0 Å². The maximum absolute atomic E-state index is 10.2. The molecule has 9 heteroatoms. The molecule has 0 unspecified atom stereocenters. The van der Waals surface area contributed by atoms with Crippen LogP contribution in [0.5, 0.6) is 5.88 Å². The number of benzene rings is 1. The van der Waals surface area contributed by atoms with Crippen molar-refractivity contribution in [3.05, 3.63) is 86.3 Å². The van der Waals surface area contributed by atoms with Gasteiger partial charge in [-0.15, -0.1) is 0 Å². The van der Waals surface area contributed by atoms with Gasteiger partial charge in [0.1, 0.15) is 17.4 Å². The zero-order chi connectivity index (χ0) is 24.2. The standard InChI is InChI=1S/C18H25N3O.C6H5BrN2O2/c1-3-9-21(14-16-7-5-4-6-8-16)10-11-22-18-15(2)12-17(19)13-20-18;1-4-2-5(9(10)11)3-8-6(4)7/h4-8,12-13H,3,9-11,14,19H2,1-2H3;2-3H,1H3. The second-order valence-electron chi connectivity index (χ2n) is 7.56. The molecule has 0 bridgehead atoms. The van der Waals surface area contributed by atoms with Crippen LogP contribution in [0.2, 0.25) is 0 Å². The van der Waals surface area contributed by atoms with Crippen LogP contribution >= 0.6 is 15.9 Å². The number of halogens is 1. The zero-order valence-electron chi connectivity index (χ0n) is 19.2. The third-order valence-corrected chi connectivity index (χ3v) is 5.53. The average Bonchev–Trinajstić information content (AvgIpc) is 2.78. The zero-order valence-corrected chi connectivity index (χ0v) is 20.8. The smallest absolute Gasteiger partial charge is 0.287 e. The van der Waals surface area contributed by atoms with Crippen LogP contribution in [-0.2, 0) is 6.54 Å². The molecule has 8 nitrogen and oxygen atoms in total. The van der Waals surface area contributed by atoms with Gasteiger partial charge in [-0.05, 0) is 59.9 Å². The largest absolute Gasteiger partial charge is 0.476 e. The van der Waals surface area contributed by atoms with Gasteiger partial charge in [0, 0.05) is 24.7 Å². The van der Waals surface area contributed by atoms with Crippen molar-refractivity contribution in [1.82, 2.24) is 14.9 Å². The third-order valence-electron chi connectivity index (χ3n) is 4.70. The fourth-order valence-electron chi connectivity index (χ4n) is 3.08. The molecule has 0 aliphatic rings. The van der Waals surface area contributed by atoms with E-state index in [4.69, 9.17) is 10.5 Å². The minimum atomic E-state index is -0.466. The number of nitrogen functional groups attached to an aromatic ring is 1. The van der Waals surface area contributed by atoms with E-state index < -0.39 is 4.92 Å². The van der Waals surface area contributed by atoms with E-state index in [1.54, 1.807) is 13.1 Å². The number of aromatic nitrogens is 2. The monoisotopic (exact) mass is 515 g/mol. The highest BCUT2D eigenvalue weighted by Gasteiger charge is 2.08. The Morgan fingerprint density at radius 3 is 2.42 bits per heavy atom. The number of nitro groups is 1. The Morgan fingerprint density at radius 2 is 1.82 bits per heavy atom. The van der Waals surface area contributed by atoms with Gasteiger partial charge in [0.05, 0.1) is 16.8 Å². The Morgan fingerprint density at radius 1 is 1.09 bits per heavy atom. The normalized spacial score (nSPS) is 10.5. The average molecular weight is 516 g/mol.